The van der Waals surface area contributed by atoms with Crippen molar-refractivity contribution >= 4 is 22.6 Å². The molecule has 1 fully saturated rings. The lowest BCUT2D eigenvalue weighted by Crippen LogP contribution is -2.47. The van der Waals surface area contributed by atoms with Crippen LogP contribution in [0.4, 0.5) is 0 Å². The van der Waals surface area contributed by atoms with Crippen molar-refractivity contribution in [2.24, 2.45) is 11.8 Å². The predicted octanol–water partition coefficient (Wildman–Crippen LogP) is 3.01. The molecule has 3 rings (SSSR count). The molecule has 1 heterocycles. The molecule has 27 heavy (non-hydrogen) atoms. The number of H-pyrrole nitrogens is 1. The van der Waals surface area contributed by atoms with Gasteiger partial charge in [-0.3, -0.25) is 9.59 Å². The topological polar surface area (TPSA) is 88.3 Å². The van der Waals surface area contributed by atoms with Crippen LogP contribution in [-0.4, -0.2) is 29.0 Å². The number of aromatic nitrogens is 1. The van der Waals surface area contributed by atoms with E-state index in [1.807, 2.05) is 0 Å². The highest BCUT2D eigenvalue weighted by molar-refractivity contribution is 5.94. The molecule has 6 nitrogen and oxygen atoms in total. The molecule has 0 radical (unpaired) electrons. The van der Waals surface area contributed by atoms with Crippen molar-refractivity contribution < 1.29 is 14.3 Å². The molecule has 1 saturated carbocycles. The molecule has 0 unspecified atom stereocenters. The number of fused-ring (bicyclic) bond motifs is 1. The van der Waals surface area contributed by atoms with Gasteiger partial charge in [0, 0.05) is 11.4 Å². The number of amides is 1. The second-order valence-corrected chi connectivity index (χ2v) is 7.53. The minimum Gasteiger partial charge on any atom is -0.448 e. The summed E-state index contributed by atoms with van der Waals surface area (Å²) < 4.78 is 5.28. The van der Waals surface area contributed by atoms with Crippen molar-refractivity contribution in [1.29, 1.82) is 0 Å². The van der Waals surface area contributed by atoms with Crippen LogP contribution in [0.3, 0.4) is 0 Å². The Bertz CT molecular complexity index is 904. The van der Waals surface area contributed by atoms with Crippen molar-refractivity contribution in [2.75, 3.05) is 0 Å². The van der Waals surface area contributed by atoms with Gasteiger partial charge in [0.1, 0.15) is 5.69 Å². The second kappa shape index (κ2) is 7.94. The number of carbonyl (C=O) groups is 2. The summed E-state index contributed by atoms with van der Waals surface area (Å²) in [5.74, 6) is -0.0741. The summed E-state index contributed by atoms with van der Waals surface area (Å²) in [6.07, 6.45) is 2.27. The van der Waals surface area contributed by atoms with Crippen molar-refractivity contribution in [3.05, 3.63) is 46.4 Å². The highest BCUT2D eigenvalue weighted by Crippen LogP contribution is 2.29. The number of aromatic amines is 1. The van der Waals surface area contributed by atoms with Gasteiger partial charge in [0.05, 0.1) is 0 Å². The Hall–Kier alpha value is -2.63. The molecule has 1 aromatic heterocycles. The third kappa shape index (κ3) is 4.21. The van der Waals surface area contributed by atoms with Crippen molar-refractivity contribution in [3.63, 3.8) is 0 Å². The summed E-state index contributed by atoms with van der Waals surface area (Å²) in [6.45, 7) is 5.89. The zero-order chi connectivity index (χ0) is 19.6. The minimum absolute atomic E-state index is 0.0398. The predicted molar refractivity (Wildman–Crippen MR) is 104 cm³/mol. The molecule has 1 aliphatic carbocycles. The largest absolute Gasteiger partial charge is 0.448 e. The molecule has 0 aliphatic heterocycles. The Balaban J connectivity index is 1.66. The molecule has 144 valence electrons. The van der Waals surface area contributed by atoms with Gasteiger partial charge in [-0.2, -0.15) is 0 Å². The van der Waals surface area contributed by atoms with Crippen LogP contribution in [0.25, 0.3) is 10.8 Å². The normalized spacial score (nSPS) is 23.6. The Kier molecular flexibility index (Phi) is 5.63. The van der Waals surface area contributed by atoms with Crippen molar-refractivity contribution in [2.45, 2.75) is 52.2 Å². The van der Waals surface area contributed by atoms with Gasteiger partial charge in [-0.25, -0.2) is 4.79 Å². The number of benzene rings is 1. The van der Waals surface area contributed by atoms with E-state index in [1.165, 1.54) is 6.42 Å². The second-order valence-electron chi connectivity index (χ2n) is 7.53. The molecule has 2 N–H and O–H groups in total. The molecule has 2 aromatic rings. The number of hydrogen-bond acceptors (Lipinski definition) is 4. The number of esters is 1. The lowest BCUT2D eigenvalue weighted by molar-refractivity contribution is -0.130. The SMILES string of the molecule is C[C@@H]1[C@H](C)CCC[C@H]1NC(=O)[C@H](C)OC(=O)c1cc2ccccc2c(=O)[nH]1. The van der Waals surface area contributed by atoms with E-state index in [4.69, 9.17) is 4.74 Å². The first-order valence-corrected chi connectivity index (χ1v) is 9.50. The lowest BCUT2D eigenvalue weighted by atomic mass is 9.78. The number of rotatable bonds is 4. The van der Waals surface area contributed by atoms with Gasteiger partial charge < -0.3 is 15.0 Å². The van der Waals surface area contributed by atoms with Crippen LogP contribution in [0, 0.1) is 11.8 Å². The fourth-order valence-electron chi connectivity index (χ4n) is 3.68. The van der Waals surface area contributed by atoms with Crippen LogP contribution in [-0.2, 0) is 9.53 Å². The lowest BCUT2D eigenvalue weighted by Gasteiger charge is -2.35. The van der Waals surface area contributed by atoms with Crippen LogP contribution < -0.4 is 10.9 Å². The summed E-state index contributed by atoms with van der Waals surface area (Å²) in [4.78, 5) is 39.5. The molecule has 0 bridgehead atoms. The first-order valence-electron chi connectivity index (χ1n) is 9.50. The average molecular weight is 370 g/mol. The highest BCUT2D eigenvalue weighted by Gasteiger charge is 2.30. The number of hydrogen-bond donors (Lipinski definition) is 2. The fourth-order valence-corrected chi connectivity index (χ4v) is 3.68. The Morgan fingerprint density at radius 1 is 1.22 bits per heavy atom. The van der Waals surface area contributed by atoms with Crippen molar-refractivity contribution in [3.8, 4) is 0 Å². The minimum atomic E-state index is -0.933. The number of ether oxygens (including phenoxy) is 1. The number of nitrogens with one attached hydrogen (secondary N) is 2. The highest BCUT2D eigenvalue weighted by atomic mass is 16.5. The zero-order valence-corrected chi connectivity index (χ0v) is 16.0. The van der Waals surface area contributed by atoms with E-state index in [0.29, 0.717) is 22.6 Å². The van der Waals surface area contributed by atoms with Gasteiger partial charge in [0.15, 0.2) is 6.10 Å². The van der Waals surface area contributed by atoms with E-state index in [2.05, 4.69) is 24.1 Å². The van der Waals surface area contributed by atoms with Crippen molar-refractivity contribution in [1.82, 2.24) is 10.3 Å². The summed E-state index contributed by atoms with van der Waals surface area (Å²) in [5.41, 5.74) is -0.319. The van der Waals surface area contributed by atoms with Crippen LogP contribution in [0.2, 0.25) is 0 Å². The first-order chi connectivity index (χ1) is 12.9. The van der Waals surface area contributed by atoms with Gasteiger partial charge in [-0.1, -0.05) is 44.9 Å². The molecule has 0 spiro atoms. The molecule has 1 aliphatic rings. The van der Waals surface area contributed by atoms with Gasteiger partial charge >= 0.3 is 5.97 Å². The Morgan fingerprint density at radius 3 is 2.74 bits per heavy atom. The van der Waals surface area contributed by atoms with Crippen LogP contribution in [0.15, 0.2) is 35.1 Å². The van der Waals surface area contributed by atoms with Gasteiger partial charge in [0.25, 0.3) is 11.5 Å². The van der Waals surface area contributed by atoms with Crippen LogP contribution >= 0.6 is 0 Å². The average Bonchev–Trinajstić information content (AvgIpc) is 2.65. The summed E-state index contributed by atoms with van der Waals surface area (Å²) in [5, 5.41) is 4.16. The van der Waals surface area contributed by atoms with E-state index >= 15 is 0 Å². The van der Waals surface area contributed by atoms with E-state index < -0.39 is 12.1 Å². The van der Waals surface area contributed by atoms with E-state index in [-0.39, 0.29) is 23.2 Å². The maximum absolute atomic E-state index is 12.4. The van der Waals surface area contributed by atoms with Crippen LogP contribution in [0.5, 0.6) is 0 Å². The van der Waals surface area contributed by atoms with Gasteiger partial charge in [-0.05, 0) is 42.7 Å². The first kappa shape index (κ1) is 19.1. The maximum Gasteiger partial charge on any atom is 0.355 e. The Morgan fingerprint density at radius 2 is 1.96 bits per heavy atom. The van der Waals surface area contributed by atoms with E-state index in [9.17, 15) is 14.4 Å². The molecule has 1 amide bonds. The van der Waals surface area contributed by atoms with Gasteiger partial charge in [-0.15, -0.1) is 0 Å². The smallest absolute Gasteiger partial charge is 0.355 e. The molecule has 6 heteroatoms. The Labute approximate surface area is 158 Å². The standard InChI is InChI=1S/C21H26N2O4/c1-12-7-6-10-17(13(12)2)22-19(24)14(3)27-21(26)18-11-15-8-4-5-9-16(15)20(25)23-18/h4-5,8-9,11-14,17H,6-7,10H2,1-3H3,(H,22,24)(H,23,25)/t12-,13-,14+,17-/m1/s1. The molecular weight excluding hydrogens is 344 g/mol. The molecule has 4 atom stereocenters. The number of carbonyl (C=O) groups excluding carboxylic acids is 2. The van der Waals surface area contributed by atoms with E-state index in [1.54, 1.807) is 37.3 Å². The molecule has 1 aromatic carbocycles. The third-order valence-electron chi connectivity index (χ3n) is 5.66. The summed E-state index contributed by atoms with van der Waals surface area (Å²) in [6, 6.07) is 8.65. The number of pyridine rings is 1. The van der Waals surface area contributed by atoms with Crippen LogP contribution in [0.1, 0.15) is 50.5 Å². The summed E-state index contributed by atoms with van der Waals surface area (Å²) >= 11 is 0. The fraction of sp³-hybridized carbons (Fsp3) is 0.476. The zero-order valence-electron chi connectivity index (χ0n) is 16.0. The summed E-state index contributed by atoms with van der Waals surface area (Å²) in [7, 11) is 0. The quantitative estimate of drug-likeness (QED) is 0.810. The maximum atomic E-state index is 12.4. The monoisotopic (exact) mass is 370 g/mol. The van der Waals surface area contributed by atoms with E-state index in [0.717, 1.165) is 12.8 Å². The molecular formula is C21H26N2O4. The third-order valence-corrected chi connectivity index (χ3v) is 5.66. The molecule has 0 saturated heterocycles. The van der Waals surface area contributed by atoms with Gasteiger partial charge in [0.2, 0.25) is 0 Å².